The van der Waals surface area contributed by atoms with Crippen LogP contribution in [-0.2, 0) is 14.8 Å². The molecule has 0 spiro atoms. The fourth-order valence-electron chi connectivity index (χ4n) is 1.28. The molecule has 1 unspecified atom stereocenters. The van der Waals surface area contributed by atoms with E-state index in [2.05, 4.69) is 15.9 Å². The molecule has 1 rings (SSSR count). The molecule has 106 valence electrons. The molecule has 0 amide bonds. The first-order valence-corrected chi connectivity index (χ1v) is 7.93. The number of carboxylic acid groups (broad SMARTS) is 1. The van der Waals surface area contributed by atoms with Gasteiger partial charge in [-0.05, 0) is 19.1 Å². The minimum atomic E-state index is -4.09. The largest absolute Gasteiger partial charge is 0.480 e. The van der Waals surface area contributed by atoms with E-state index in [0.29, 0.717) is 8.78 Å². The van der Waals surface area contributed by atoms with Crippen molar-refractivity contribution in [3.8, 4) is 0 Å². The van der Waals surface area contributed by atoms with Gasteiger partial charge in [-0.3, -0.25) is 4.79 Å². The lowest BCUT2D eigenvalue weighted by molar-refractivity contribution is -0.140. The minimum absolute atomic E-state index is 0.0798. The Morgan fingerprint density at radius 1 is 1.37 bits per heavy atom. The molecule has 19 heavy (non-hydrogen) atoms. The number of hydrogen-bond donors (Lipinski definition) is 1. The van der Waals surface area contributed by atoms with Crippen LogP contribution in [-0.4, -0.2) is 36.9 Å². The van der Waals surface area contributed by atoms with Crippen LogP contribution in [0.15, 0.2) is 21.5 Å². The van der Waals surface area contributed by atoms with Crippen LogP contribution in [0.5, 0.6) is 0 Å². The van der Waals surface area contributed by atoms with E-state index in [1.54, 1.807) is 0 Å². The van der Waals surface area contributed by atoms with Crippen molar-refractivity contribution in [2.24, 2.45) is 0 Å². The van der Waals surface area contributed by atoms with E-state index in [4.69, 9.17) is 28.3 Å². The molecule has 0 aliphatic rings. The Hall–Kier alpha value is -0.340. The molecule has 0 aliphatic heterocycles. The summed E-state index contributed by atoms with van der Waals surface area (Å²) in [6.45, 7) is 1.25. The first kappa shape index (κ1) is 16.7. The molecule has 0 fully saturated rings. The Labute approximate surface area is 129 Å². The zero-order chi connectivity index (χ0) is 15.0. The number of hydrogen-bond acceptors (Lipinski definition) is 3. The number of benzene rings is 1. The van der Waals surface area contributed by atoms with Gasteiger partial charge in [0.1, 0.15) is 10.9 Å². The molecular weight excluding hydrogens is 381 g/mol. The molecule has 0 aliphatic carbocycles. The molecule has 0 aromatic heterocycles. The van der Waals surface area contributed by atoms with E-state index in [1.165, 1.54) is 19.1 Å². The normalized spacial score (nSPS) is 13.6. The Bertz CT molecular complexity index is 597. The van der Waals surface area contributed by atoms with Crippen LogP contribution >= 0.6 is 39.1 Å². The molecule has 0 saturated carbocycles. The Morgan fingerprint density at radius 3 is 2.16 bits per heavy atom. The maximum absolute atomic E-state index is 12.3. The van der Waals surface area contributed by atoms with E-state index in [0.717, 1.165) is 7.05 Å². The zero-order valence-corrected chi connectivity index (χ0v) is 13.8. The molecule has 0 bridgehead atoms. The molecule has 9 heteroatoms. The summed E-state index contributed by atoms with van der Waals surface area (Å²) < 4.78 is 25.8. The van der Waals surface area contributed by atoms with Crippen molar-refractivity contribution in [2.45, 2.75) is 17.9 Å². The fraction of sp³-hybridized carbons (Fsp3) is 0.300. The minimum Gasteiger partial charge on any atom is -0.480 e. The van der Waals surface area contributed by atoms with Gasteiger partial charge in [-0.2, -0.15) is 4.31 Å². The van der Waals surface area contributed by atoms with Crippen molar-refractivity contribution in [2.75, 3.05) is 7.05 Å². The van der Waals surface area contributed by atoms with Crippen LogP contribution in [0.25, 0.3) is 0 Å². The third kappa shape index (κ3) is 3.41. The molecule has 1 aromatic rings. The van der Waals surface area contributed by atoms with Gasteiger partial charge in [0.25, 0.3) is 0 Å². The monoisotopic (exact) mass is 389 g/mol. The van der Waals surface area contributed by atoms with Gasteiger partial charge in [-0.15, -0.1) is 0 Å². The smallest absolute Gasteiger partial charge is 0.321 e. The number of rotatable bonds is 4. The predicted molar refractivity (Wildman–Crippen MR) is 76.2 cm³/mol. The molecule has 5 nitrogen and oxygen atoms in total. The van der Waals surface area contributed by atoms with Gasteiger partial charge in [0.2, 0.25) is 10.0 Å². The van der Waals surface area contributed by atoms with E-state index in [9.17, 15) is 13.2 Å². The highest BCUT2D eigenvalue weighted by molar-refractivity contribution is 9.10. The first-order chi connectivity index (χ1) is 8.59. The van der Waals surface area contributed by atoms with Crippen LogP contribution in [0, 0.1) is 0 Å². The number of carbonyl (C=O) groups is 1. The summed E-state index contributed by atoms with van der Waals surface area (Å²) in [6.07, 6.45) is 0. The molecule has 0 radical (unpaired) electrons. The Morgan fingerprint density at radius 2 is 1.79 bits per heavy atom. The summed E-state index contributed by atoms with van der Waals surface area (Å²) in [4.78, 5) is 10.6. The highest BCUT2D eigenvalue weighted by Gasteiger charge is 2.32. The molecule has 0 heterocycles. The van der Waals surface area contributed by atoms with Gasteiger partial charge >= 0.3 is 5.97 Å². The summed E-state index contributed by atoms with van der Waals surface area (Å²) in [5.74, 6) is -1.27. The number of nitrogens with zero attached hydrogens (tertiary/aromatic N) is 1. The predicted octanol–water partition coefficient (Wildman–Crippen LogP) is 2.85. The van der Waals surface area contributed by atoms with Crippen molar-refractivity contribution in [1.82, 2.24) is 4.31 Å². The average Bonchev–Trinajstić information content (AvgIpc) is 2.24. The number of carboxylic acids is 1. The lowest BCUT2D eigenvalue weighted by Crippen LogP contribution is -2.40. The maximum atomic E-state index is 12.3. The van der Waals surface area contributed by atoms with Crippen LogP contribution < -0.4 is 0 Å². The summed E-state index contributed by atoms with van der Waals surface area (Å²) in [5.41, 5.74) is 0. The number of sulfonamides is 1. The SMILES string of the molecule is CC(C(=O)O)N(C)S(=O)(=O)c1c(Cl)cc(Br)cc1Cl. The Balaban J connectivity index is 3.40. The fourth-order valence-corrected chi connectivity index (χ4v) is 4.48. The number of halogens is 3. The summed E-state index contributed by atoms with van der Waals surface area (Å²) in [7, 11) is -2.94. The molecular formula is C10H10BrCl2NO4S. The Kier molecular flexibility index (Phi) is 5.25. The van der Waals surface area contributed by atoms with Crippen molar-refractivity contribution < 1.29 is 18.3 Å². The van der Waals surface area contributed by atoms with E-state index < -0.39 is 22.0 Å². The maximum Gasteiger partial charge on any atom is 0.321 e. The highest BCUT2D eigenvalue weighted by Crippen LogP contribution is 2.34. The summed E-state index contributed by atoms with van der Waals surface area (Å²) >= 11 is 14.9. The van der Waals surface area contributed by atoms with Gasteiger partial charge in [-0.1, -0.05) is 39.1 Å². The highest BCUT2D eigenvalue weighted by atomic mass is 79.9. The zero-order valence-electron chi connectivity index (χ0n) is 9.89. The van der Waals surface area contributed by atoms with Crippen LogP contribution in [0.1, 0.15) is 6.92 Å². The van der Waals surface area contributed by atoms with Crippen molar-refractivity contribution in [1.29, 1.82) is 0 Å². The molecule has 0 saturated heterocycles. The van der Waals surface area contributed by atoms with Gasteiger partial charge < -0.3 is 5.11 Å². The third-order valence-corrected chi connectivity index (χ3v) is 5.81. The lowest BCUT2D eigenvalue weighted by Gasteiger charge is -2.22. The molecule has 1 aromatic carbocycles. The van der Waals surface area contributed by atoms with Crippen LogP contribution in [0.4, 0.5) is 0 Å². The first-order valence-electron chi connectivity index (χ1n) is 4.94. The van der Waals surface area contributed by atoms with Crippen LogP contribution in [0.3, 0.4) is 0 Å². The van der Waals surface area contributed by atoms with E-state index in [-0.39, 0.29) is 14.9 Å². The van der Waals surface area contributed by atoms with Gasteiger partial charge in [0, 0.05) is 11.5 Å². The van der Waals surface area contributed by atoms with Crippen molar-refractivity contribution >= 4 is 55.1 Å². The second-order valence-corrected chi connectivity index (χ2v) is 7.40. The second-order valence-electron chi connectivity index (χ2n) is 3.73. The van der Waals surface area contributed by atoms with E-state index in [1.807, 2.05) is 0 Å². The van der Waals surface area contributed by atoms with Gasteiger partial charge in [0.15, 0.2) is 0 Å². The summed E-state index contributed by atoms with van der Waals surface area (Å²) in [6, 6.07) is 1.51. The molecule has 1 N–H and O–H groups in total. The number of aliphatic carboxylic acids is 1. The van der Waals surface area contributed by atoms with E-state index >= 15 is 0 Å². The second kappa shape index (κ2) is 5.97. The number of likely N-dealkylation sites (N-methyl/N-ethyl adjacent to an activating group) is 1. The summed E-state index contributed by atoms with van der Waals surface area (Å²) in [5, 5.41) is 8.71. The quantitative estimate of drug-likeness (QED) is 0.857. The van der Waals surface area contributed by atoms with Gasteiger partial charge in [-0.25, -0.2) is 8.42 Å². The van der Waals surface area contributed by atoms with Crippen molar-refractivity contribution in [3.63, 3.8) is 0 Å². The standard InChI is InChI=1S/C10H10BrCl2NO4S/c1-5(10(15)16)14(2)19(17,18)9-7(12)3-6(11)4-8(9)13/h3-5H,1-2H3,(H,15,16). The van der Waals surface area contributed by atoms with Crippen molar-refractivity contribution in [3.05, 3.63) is 26.7 Å². The third-order valence-electron chi connectivity index (χ3n) is 2.50. The van der Waals surface area contributed by atoms with Crippen LogP contribution in [0.2, 0.25) is 10.0 Å². The average molecular weight is 391 g/mol. The molecule has 1 atom stereocenters. The topological polar surface area (TPSA) is 74.7 Å². The van der Waals surface area contributed by atoms with Gasteiger partial charge in [0.05, 0.1) is 10.0 Å². The lowest BCUT2D eigenvalue weighted by atomic mass is 10.4.